The highest BCUT2D eigenvalue weighted by molar-refractivity contribution is 6.23. The molecule has 0 aromatic heterocycles. The number of Topliss-reactive ketones (excluding diaryl/α,β-unsaturated/α-hetero) is 4. The number of aryl methyl sites for hydroxylation is 4. The smallest absolute Gasteiger partial charge is 0.307 e. The van der Waals surface area contributed by atoms with Crippen LogP contribution in [0, 0.1) is 68.1 Å². The first-order valence-electron chi connectivity index (χ1n) is 18.8. The van der Waals surface area contributed by atoms with Gasteiger partial charge in [0, 0.05) is 81.5 Å². The third-order valence-corrected chi connectivity index (χ3v) is 11.4. The molecule has 0 N–H and O–H groups in total. The molecule has 0 atom stereocenters. The Morgan fingerprint density at radius 3 is 1.80 bits per heavy atom. The van der Waals surface area contributed by atoms with Crippen LogP contribution in [0.2, 0.25) is 0 Å². The van der Waals surface area contributed by atoms with Crippen molar-refractivity contribution in [3.8, 4) is 23.7 Å². The molecule has 1 amide bonds. The Morgan fingerprint density at radius 2 is 1.31 bits per heavy atom. The van der Waals surface area contributed by atoms with Crippen LogP contribution >= 0.6 is 0 Å². The molecule has 54 heavy (non-hydrogen) atoms. The molecule has 3 aliphatic carbocycles. The molecular weight excluding hydrogens is 679 g/mol. The quantitative estimate of drug-likeness (QED) is 0.185. The summed E-state index contributed by atoms with van der Waals surface area (Å²) in [4.78, 5) is 75.6. The second-order valence-electron chi connectivity index (χ2n) is 16.0. The number of ether oxygens (including phenoxy) is 1. The van der Waals surface area contributed by atoms with Crippen molar-refractivity contribution in [2.24, 2.45) is 16.7 Å². The number of ketones is 4. The summed E-state index contributed by atoms with van der Waals surface area (Å²) in [5, 5.41) is 0. The van der Waals surface area contributed by atoms with Crippen LogP contribution in [-0.2, 0) is 33.5 Å². The van der Waals surface area contributed by atoms with Gasteiger partial charge in [-0.2, -0.15) is 0 Å². The Bertz CT molecular complexity index is 2050. The average molecular weight is 730 g/mol. The number of hydrogen-bond donors (Lipinski definition) is 0. The molecule has 1 heterocycles. The summed E-state index contributed by atoms with van der Waals surface area (Å²) in [5.74, 6) is 11.7. The number of carbonyl (C=O) groups is 6. The number of nitrogens with zero attached hydrogens (tertiary/aromatic N) is 1. The lowest BCUT2D eigenvalue weighted by molar-refractivity contribution is -0.147. The van der Waals surface area contributed by atoms with E-state index in [0.29, 0.717) is 62.9 Å². The minimum Gasteiger partial charge on any atom is -0.430 e. The first-order chi connectivity index (χ1) is 25.4. The van der Waals surface area contributed by atoms with Gasteiger partial charge in [-0.25, -0.2) is 0 Å². The summed E-state index contributed by atoms with van der Waals surface area (Å²) in [6.45, 7) is 17.1. The van der Waals surface area contributed by atoms with E-state index >= 15 is 0 Å². The first-order valence-corrected chi connectivity index (χ1v) is 18.8. The molecule has 6 rings (SSSR count). The van der Waals surface area contributed by atoms with E-state index in [1.165, 1.54) is 13.8 Å². The lowest BCUT2D eigenvalue weighted by Gasteiger charge is -2.51. The van der Waals surface area contributed by atoms with Crippen LogP contribution in [0.1, 0.15) is 130 Å². The second kappa shape index (κ2) is 15.7. The van der Waals surface area contributed by atoms with E-state index in [9.17, 15) is 28.8 Å². The van der Waals surface area contributed by atoms with Gasteiger partial charge in [0.1, 0.15) is 29.0 Å². The molecule has 0 radical (unpaired) electrons. The molecule has 2 spiro atoms. The van der Waals surface area contributed by atoms with Crippen LogP contribution in [0.25, 0.3) is 5.57 Å². The highest BCUT2D eigenvalue weighted by Crippen LogP contribution is 2.55. The number of rotatable bonds is 4. The zero-order valence-electron chi connectivity index (χ0n) is 33.1. The number of carbonyl (C=O) groups excluding carboxylic acids is 6. The number of amides is 1. The highest BCUT2D eigenvalue weighted by atomic mass is 16.5. The van der Waals surface area contributed by atoms with Crippen molar-refractivity contribution in [2.45, 2.75) is 113 Å². The Labute approximate surface area is 319 Å². The van der Waals surface area contributed by atoms with Gasteiger partial charge in [-0.05, 0) is 117 Å². The minimum absolute atomic E-state index is 0.00218. The van der Waals surface area contributed by atoms with Crippen LogP contribution in [-0.4, -0.2) is 53.0 Å². The van der Waals surface area contributed by atoms with Gasteiger partial charge in [0.25, 0.3) is 0 Å². The number of hydrogen-bond acceptors (Lipinski definition) is 7. The predicted molar refractivity (Wildman–Crippen MR) is 207 cm³/mol. The number of benzene rings is 2. The van der Waals surface area contributed by atoms with Gasteiger partial charge >= 0.3 is 5.97 Å². The van der Waals surface area contributed by atoms with E-state index in [1.807, 2.05) is 58.9 Å². The summed E-state index contributed by atoms with van der Waals surface area (Å²) >= 11 is 0. The average Bonchev–Trinajstić information content (AvgIpc) is 3.03. The van der Waals surface area contributed by atoms with Crippen molar-refractivity contribution in [1.29, 1.82) is 0 Å². The summed E-state index contributed by atoms with van der Waals surface area (Å²) in [7, 11) is 0. The highest BCUT2D eigenvalue weighted by Gasteiger charge is 2.54. The Kier molecular flexibility index (Phi) is 11.7. The number of allylic oxidation sites excluding steroid dienone is 2. The van der Waals surface area contributed by atoms with E-state index in [2.05, 4.69) is 23.7 Å². The monoisotopic (exact) mass is 729 g/mol. The van der Waals surface area contributed by atoms with Crippen LogP contribution in [0.3, 0.4) is 0 Å². The Morgan fingerprint density at radius 1 is 0.778 bits per heavy atom. The van der Waals surface area contributed by atoms with E-state index in [-0.39, 0.29) is 45.8 Å². The van der Waals surface area contributed by atoms with Gasteiger partial charge in [0.05, 0.1) is 5.57 Å². The standard InChI is InChI=1S/C24H27NO4.C22H24O3/c1-6-7-8-19-9-15(2)22(16(3)10-19)23-20(28)11-24(12-21(23)29-18(5)27)13-25(14-24)17(4)26;1-5-6-16-7-13(2)20(14(3)8-16)21-18(24)11-22(12-19(21)25)9-17(10-22)15(4)23/h9-10H,6,11-14H2,1-5H3;7-8,17,21H,9-12H2,1-4H3. The van der Waals surface area contributed by atoms with Crippen LogP contribution in [0.15, 0.2) is 30.0 Å². The molecule has 4 aliphatic rings. The molecule has 1 saturated heterocycles. The zero-order chi connectivity index (χ0) is 39.7. The zero-order valence-corrected chi connectivity index (χ0v) is 33.1. The summed E-state index contributed by atoms with van der Waals surface area (Å²) < 4.78 is 5.55. The van der Waals surface area contributed by atoms with E-state index in [4.69, 9.17) is 4.74 Å². The lowest BCUT2D eigenvalue weighted by Crippen LogP contribution is -2.59. The normalized spacial score (nSPS) is 22.5. The van der Waals surface area contributed by atoms with Gasteiger partial charge in [-0.15, -0.1) is 5.92 Å². The maximum Gasteiger partial charge on any atom is 0.307 e. The summed E-state index contributed by atoms with van der Waals surface area (Å²) in [6.07, 6.45) is 3.83. The minimum atomic E-state index is -0.648. The third kappa shape index (κ3) is 8.19. The fourth-order valence-electron chi connectivity index (χ4n) is 9.16. The van der Waals surface area contributed by atoms with Crippen molar-refractivity contribution in [3.05, 3.63) is 74.5 Å². The lowest BCUT2D eigenvalue weighted by atomic mass is 9.52. The van der Waals surface area contributed by atoms with Crippen molar-refractivity contribution in [2.75, 3.05) is 13.1 Å². The fraction of sp³-hybridized carbons (Fsp3) is 0.478. The molecule has 2 saturated carbocycles. The van der Waals surface area contributed by atoms with Crippen LogP contribution in [0.5, 0.6) is 0 Å². The van der Waals surface area contributed by atoms with Crippen molar-refractivity contribution >= 4 is 40.6 Å². The maximum atomic E-state index is 13.3. The SMILES string of the molecule is CC#Cc1cc(C)c(C2C(=O)CC3(CC2=O)CC(C(C)=O)C3)c(C)c1.CCC#Cc1cc(C)c(C2=C(OC(C)=O)CC3(CC2=O)CN(C(C)=O)C3)c(C)c1. The Hall–Kier alpha value is -5.08. The topological polar surface area (TPSA) is 115 Å². The molecule has 1 aliphatic heterocycles. The number of likely N-dealkylation sites (tertiary alicyclic amines) is 1. The van der Waals surface area contributed by atoms with E-state index in [1.54, 1.807) is 18.7 Å². The van der Waals surface area contributed by atoms with Crippen LogP contribution < -0.4 is 0 Å². The Balaban J connectivity index is 0.000000210. The van der Waals surface area contributed by atoms with Crippen LogP contribution in [0.4, 0.5) is 0 Å². The molecule has 3 fully saturated rings. The van der Waals surface area contributed by atoms with Crippen molar-refractivity contribution in [3.63, 3.8) is 0 Å². The molecule has 2 aromatic rings. The molecular formula is C46H51NO7. The molecule has 2 aromatic carbocycles. The fourth-order valence-corrected chi connectivity index (χ4v) is 9.16. The first kappa shape index (κ1) is 40.1. The van der Waals surface area contributed by atoms with E-state index in [0.717, 1.165) is 50.9 Å². The molecule has 8 nitrogen and oxygen atoms in total. The van der Waals surface area contributed by atoms with Gasteiger partial charge < -0.3 is 9.64 Å². The predicted octanol–water partition coefficient (Wildman–Crippen LogP) is 7.23. The van der Waals surface area contributed by atoms with Gasteiger partial charge in [0.15, 0.2) is 5.78 Å². The van der Waals surface area contributed by atoms with E-state index < -0.39 is 11.9 Å². The van der Waals surface area contributed by atoms with Gasteiger partial charge in [-0.1, -0.05) is 24.7 Å². The maximum absolute atomic E-state index is 13.3. The molecule has 282 valence electrons. The second-order valence-corrected chi connectivity index (χ2v) is 16.0. The summed E-state index contributed by atoms with van der Waals surface area (Å²) in [5.41, 5.74) is 7.21. The molecule has 0 bridgehead atoms. The van der Waals surface area contributed by atoms with Crippen molar-refractivity contribution in [1.82, 2.24) is 4.90 Å². The largest absolute Gasteiger partial charge is 0.430 e. The number of esters is 1. The van der Waals surface area contributed by atoms with Crippen molar-refractivity contribution < 1.29 is 33.5 Å². The van der Waals surface area contributed by atoms with Gasteiger partial charge in [-0.3, -0.25) is 28.8 Å². The third-order valence-electron chi connectivity index (χ3n) is 11.4. The molecule has 8 heteroatoms. The molecule has 0 unspecified atom stereocenters. The van der Waals surface area contributed by atoms with Gasteiger partial charge in [0.2, 0.25) is 5.91 Å². The summed E-state index contributed by atoms with van der Waals surface area (Å²) in [6, 6.07) is 7.86.